The van der Waals surface area contributed by atoms with Crippen molar-refractivity contribution in [1.29, 1.82) is 0 Å². The zero-order valence-corrected chi connectivity index (χ0v) is 16.2. The summed E-state index contributed by atoms with van der Waals surface area (Å²) in [5.74, 6) is 1.25. The molecule has 0 bridgehead atoms. The number of benzene rings is 1. The lowest BCUT2D eigenvalue weighted by Gasteiger charge is -2.46. The Morgan fingerprint density at radius 1 is 1.35 bits per heavy atom. The second-order valence-electron chi connectivity index (χ2n) is 7.84. The molecule has 2 atom stereocenters. The van der Waals surface area contributed by atoms with E-state index in [4.69, 9.17) is 4.74 Å². The van der Waals surface area contributed by atoms with E-state index >= 15 is 0 Å². The Balaban J connectivity index is 1.61. The number of amides is 2. The number of fused-ring (bicyclic) bond motifs is 1. The van der Waals surface area contributed by atoms with Gasteiger partial charge < -0.3 is 14.5 Å². The van der Waals surface area contributed by atoms with Gasteiger partial charge in [-0.15, -0.1) is 0 Å². The molecule has 1 heterocycles. The molecule has 1 saturated carbocycles. The molecule has 142 valence electrons. The van der Waals surface area contributed by atoms with Crippen molar-refractivity contribution < 1.29 is 14.3 Å². The van der Waals surface area contributed by atoms with E-state index in [0.29, 0.717) is 19.3 Å². The fourth-order valence-electron chi connectivity index (χ4n) is 4.89. The third kappa shape index (κ3) is 3.57. The molecule has 26 heavy (non-hydrogen) atoms. The van der Waals surface area contributed by atoms with Gasteiger partial charge in [0.25, 0.3) is 0 Å². The van der Waals surface area contributed by atoms with E-state index in [1.54, 1.807) is 7.11 Å². The van der Waals surface area contributed by atoms with Crippen molar-refractivity contribution in [3.63, 3.8) is 0 Å². The molecule has 0 aromatic heterocycles. The zero-order chi connectivity index (χ0) is 18.7. The first-order chi connectivity index (χ1) is 12.5. The average molecular weight is 358 g/mol. The van der Waals surface area contributed by atoms with Crippen LogP contribution in [0.15, 0.2) is 24.3 Å². The number of rotatable bonds is 6. The summed E-state index contributed by atoms with van der Waals surface area (Å²) in [6.07, 6.45) is 5.99. The molecule has 3 rings (SSSR count). The fourth-order valence-corrected chi connectivity index (χ4v) is 4.89. The highest BCUT2D eigenvalue weighted by Gasteiger charge is 2.49. The van der Waals surface area contributed by atoms with Gasteiger partial charge in [-0.2, -0.15) is 0 Å². The minimum absolute atomic E-state index is 0.0809. The largest absolute Gasteiger partial charge is 0.496 e. The molecule has 2 aliphatic rings. The summed E-state index contributed by atoms with van der Waals surface area (Å²) in [5.41, 5.74) is 1.15. The molecule has 0 N–H and O–H groups in total. The highest BCUT2D eigenvalue weighted by atomic mass is 16.5. The van der Waals surface area contributed by atoms with Crippen LogP contribution in [0.3, 0.4) is 0 Å². The average Bonchev–Trinajstić information content (AvgIpc) is 3.07. The Morgan fingerprint density at radius 3 is 2.88 bits per heavy atom. The number of likely N-dealkylation sites (tertiary alicyclic amines) is 1. The summed E-state index contributed by atoms with van der Waals surface area (Å²) >= 11 is 0. The maximum absolute atomic E-state index is 12.7. The second-order valence-corrected chi connectivity index (χ2v) is 7.84. The Labute approximate surface area is 156 Å². The number of para-hydroxylation sites is 1. The molecule has 2 amide bonds. The van der Waals surface area contributed by atoms with E-state index in [0.717, 1.165) is 43.5 Å². The molecule has 5 nitrogen and oxygen atoms in total. The lowest BCUT2D eigenvalue weighted by molar-refractivity contribution is -0.142. The van der Waals surface area contributed by atoms with Gasteiger partial charge in [-0.25, -0.2) is 0 Å². The van der Waals surface area contributed by atoms with Crippen LogP contribution in [0.1, 0.15) is 44.1 Å². The predicted octanol–water partition coefficient (Wildman–Crippen LogP) is 2.88. The van der Waals surface area contributed by atoms with Gasteiger partial charge in [0.05, 0.1) is 7.11 Å². The maximum Gasteiger partial charge on any atom is 0.222 e. The predicted molar refractivity (Wildman–Crippen MR) is 101 cm³/mol. The van der Waals surface area contributed by atoms with Crippen LogP contribution in [0.2, 0.25) is 0 Å². The van der Waals surface area contributed by atoms with Gasteiger partial charge >= 0.3 is 0 Å². The van der Waals surface area contributed by atoms with E-state index in [1.165, 1.54) is 0 Å². The molecule has 5 heteroatoms. The van der Waals surface area contributed by atoms with Crippen molar-refractivity contribution in [3.8, 4) is 5.75 Å². The van der Waals surface area contributed by atoms with Crippen LogP contribution in [-0.2, 0) is 16.0 Å². The zero-order valence-electron chi connectivity index (χ0n) is 16.2. The topological polar surface area (TPSA) is 49.9 Å². The Hall–Kier alpha value is -2.04. The van der Waals surface area contributed by atoms with Gasteiger partial charge in [0.1, 0.15) is 5.75 Å². The van der Waals surface area contributed by atoms with Crippen LogP contribution in [0.4, 0.5) is 0 Å². The molecular weight excluding hydrogens is 328 g/mol. The molecule has 1 aromatic rings. The molecule has 1 aliphatic heterocycles. The standard InChI is InChI=1S/C21H30N2O3/c1-22(19(24)11-10-16-7-4-5-8-17(16)26-3)15-21-13-6-9-18(21)23(2)20(25)12-14-21/h4-5,7-8,18H,6,9-15H2,1-3H3/t18-,21+/m1/s1. The summed E-state index contributed by atoms with van der Waals surface area (Å²) in [5, 5.41) is 0. The van der Waals surface area contributed by atoms with Crippen LogP contribution in [0, 0.1) is 5.41 Å². The van der Waals surface area contributed by atoms with Crippen molar-refractivity contribution in [2.45, 2.75) is 51.0 Å². The Bertz CT molecular complexity index is 675. The van der Waals surface area contributed by atoms with E-state index < -0.39 is 0 Å². The van der Waals surface area contributed by atoms with Crippen LogP contribution in [0.25, 0.3) is 0 Å². The summed E-state index contributed by atoms with van der Waals surface area (Å²) in [4.78, 5) is 28.6. The van der Waals surface area contributed by atoms with Crippen molar-refractivity contribution in [3.05, 3.63) is 29.8 Å². The smallest absolute Gasteiger partial charge is 0.222 e. The lowest BCUT2D eigenvalue weighted by atomic mass is 9.74. The molecule has 0 radical (unpaired) electrons. The molecular formula is C21H30N2O3. The van der Waals surface area contributed by atoms with Crippen molar-refractivity contribution in [2.75, 3.05) is 27.7 Å². The van der Waals surface area contributed by atoms with E-state index in [9.17, 15) is 9.59 Å². The number of ether oxygens (including phenoxy) is 1. The van der Waals surface area contributed by atoms with Crippen molar-refractivity contribution in [2.24, 2.45) is 5.41 Å². The van der Waals surface area contributed by atoms with Crippen molar-refractivity contribution >= 4 is 11.8 Å². The number of carbonyl (C=O) groups excluding carboxylic acids is 2. The lowest BCUT2D eigenvalue weighted by Crippen LogP contribution is -2.54. The second kappa shape index (κ2) is 7.68. The molecule has 0 unspecified atom stereocenters. The monoisotopic (exact) mass is 358 g/mol. The minimum Gasteiger partial charge on any atom is -0.496 e. The number of hydrogen-bond donors (Lipinski definition) is 0. The summed E-state index contributed by atoms with van der Waals surface area (Å²) in [6, 6.07) is 8.15. The first-order valence-corrected chi connectivity index (χ1v) is 9.58. The number of aryl methyl sites for hydroxylation is 1. The van der Waals surface area contributed by atoms with Crippen LogP contribution in [-0.4, -0.2) is 55.4 Å². The third-order valence-electron chi connectivity index (χ3n) is 6.34. The van der Waals surface area contributed by atoms with Gasteiger partial charge in [-0.05, 0) is 37.3 Å². The molecule has 1 saturated heterocycles. The summed E-state index contributed by atoms with van der Waals surface area (Å²) in [6.45, 7) is 0.750. The number of methoxy groups -OCH3 is 1. The first-order valence-electron chi connectivity index (χ1n) is 9.58. The Kier molecular flexibility index (Phi) is 5.54. The van der Waals surface area contributed by atoms with Gasteiger partial charge in [-0.3, -0.25) is 9.59 Å². The highest BCUT2D eigenvalue weighted by Crippen LogP contribution is 2.48. The van der Waals surface area contributed by atoms with Gasteiger partial charge in [0, 0.05) is 44.9 Å². The maximum atomic E-state index is 12.7. The molecule has 1 aliphatic carbocycles. The summed E-state index contributed by atoms with van der Waals surface area (Å²) < 4.78 is 5.37. The first kappa shape index (κ1) is 18.7. The molecule has 1 aromatic carbocycles. The highest BCUT2D eigenvalue weighted by molar-refractivity contribution is 5.78. The van der Waals surface area contributed by atoms with E-state index in [-0.39, 0.29) is 23.3 Å². The minimum atomic E-state index is 0.0809. The Morgan fingerprint density at radius 2 is 2.12 bits per heavy atom. The van der Waals surface area contributed by atoms with E-state index in [1.807, 2.05) is 48.2 Å². The van der Waals surface area contributed by atoms with Gasteiger partial charge in [0.2, 0.25) is 11.8 Å². The number of hydrogen-bond acceptors (Lipinski definition) is 3. The van der Waals surface area contributed by atoms with Gasteiger partial charge in [0.15, 0.2) is 0 Å². The number of nitrogens with zero attached hydrogens (tertiary/aromatic N) is 2. The normalized spacial score (nSPS) is 25.1. The molecule has 0 spiro atoms. The fraction of sp³-hybridized carbons (Fsp3) is 0.619. The van der Waals surface area contributed by atoms with Gasteiger partial charge in [-0.1, -0.05) is 24.6 Å². The number of carbonyl (C=O) groups is 2. The number of piperidine rings is 1. The van der Waals surface area contributed by atoms with Crippen molar-refractivity contribution in [1.82, 2.24) is 9.80 Å². The molecule has 2 fully saturated rings. The van der Waals surface area contributed by atoms with Crippen LogP contribution in [0.5, 0.6) is 5.75 Å². The van der Waals surface area contributed by atoms with Crippen LogP contribution < -0.4 is 4.74 Å². The summed E-state index contributed by atoms with van der Waals surface area (Å²) in [7, 11) is 5.49. The SMILES string of the molecule is COc1ccccc1CCC(=O)N(C)C[C@@]12CCC[C@H]1N(C)C(=O)CC2. The van der Waals surface area contributed by atoms with E-state index in [2.05, 4.69) is 0 Å². The van der Waals surface area contributed by atoms with Crippen LogP contribution >= 0.6 is 0 Å². The third-order valence-corrected chi connectivity index (χ3v) is 6.34. The quantitative estimate of drug-likeness (QED) is 0.786.